The topological polar surface area (TPSA) is 20.3 Å². The van der Waals surface area contributed by atoms with Crippen LogP contribution in [0.25, 0.3) is 0 Å². The fraction of sp³-hybridized carbons (Fsp3) is 0.682. The third-order valence-corrected chi connectivity index (χ3v) is 8.50. The van der Waals surface area contributed by atoms with Gasteiger partial charge in [-0.25, -0.2) is 0 Å². The molecule has 0 radical (unpaired) electrons. The molecule has 0 bridgehead atoms. The Morgan fingerprint density at radius 2 is 1.93 bits per heavy atom. The molecule has 0 N–H and O–H groups in total. The first kappa shape index (κ1) is 23.0. The minimum absolute atomic E-state index is 0.0304. The number of unbranched alkanes of at least 4 members (excludes halogenated alkanes) is 1. The van der Waals surface area contributed by atoms with E-state index in [-0.39, 0.29) is 11.8 Å². The van der Waals surface area contributed by atoms with E-state index in [4.69, 9.17) is 11.6 Å². The number of thioether (sulfide) groups is 2. The van der Waals surface area contributed by atoms with Crippen LogP contribution in [0, 0.1) is 0 Å². The molecule has 1 saturated heterocycles. The molecule has 2 nitrogen and oxygen atoms in total. The molecular weight excluding hydrogens is 394 g/mol. The number of amides is 1. The zero-order valence-corrected chi connectivity index (χ0v) is 19.4. The minimum Gasteiger partial charge on any atom is -0.309 e. The van der Waals surface area contributed by atoms with Crippen LogP contribution in [0.2, 0.25) is 0 Å². The number of rotatable bonds is 9. The number of anilines is 1. The second-order valence-electron chi connectivity index (χ2n) is 7.11. The predicted molar refractivity (Wildman–Crippen MR) is 125 cm³/mol. The molecule has 0 aromatic heterocycles. The van der Waals surface area contributed by atoms with Gasteiger partial charge in [-0.15, -0.1) is 35.1 Å². The molecule has 1 heterocycles. The molecule has 1 fully saturated rings. The van der Waals surface area contributed by atoms with Gasteiger partial charge in [0.2, 0.25) is 5.91 Å². The van der Waals surface area contributed by atoms with Gasteiger partial charge in [0.1, 0.15) is 5.88 Å². The molecule has 5 heteroatoms. The number of halogens is 1. The summed E-state index contributed by atoms with van der Waals surface area (Å²) in [6.07, 6.45) is 8.32. The van der Waals surface area contributed by atoms with Gasteiger partial charge in [-0.2, -0.15) is 0 Å². The monoisotopic (exact) mass is 427 g/mol. The summed E-state index contributed by atoms with van der Waals surface area (Å²) in [6, 6.07) is 6.42. The van der Waals surface area contributed by atoms with Crippen molar-refractivity contribution in [2.75, 3.05) is 23.1 Å². The van der Waals surface area contributed by atoms with Crippen LogP contribution in [0.1, 0.15) is 64.0 Å². The molecular formula is C22H34ClNOS2. The van der Waals surface area contributed by atoms with Gasteiger partial charge in [-0.1, -0.05) is 51.8 Å². The first-order valence-corrected chi connectivity index (χ1v) is 12.9. The second kappa shape index (κ2) is 12.3. The molecule has 1 amide bonds. The summed E-state index contributed by atoms with van der Waals surface area (Å²) < 4.78 is 0.427. The third-order valence-electron chi connectivity index (χ3n) is 5.18. The Kier molecular flexibility index (Phi) is 10.4. The summed E-state index contributed by atoms with van der Waals surface area (Å²) >= 11 is 10.2. The molecule has 27 heavy (non-hydrogen) atoms. The Morgan fingerprint density at radius 3 is 2.52 bits per heavy atom. The van der Waals surface area contributed by atoms with Crippen molar-refractivity contribution in [3.8, 4) is 0 Å². The van der Waals surface area contributed by atoms with Gasteiger partial charge in [0.05, 0.1) is 10.3 Å². The molecule has 2 rings (SSSR count). The summed E-state index contributed by atoms with van der Waals surface area (Å²) in [5.41, 5.74) is 3.61. The Labute approximate surface area is 179 Å². The zero-order valence-electron chi connectivity index (χ0n) is 17.0. The van der Waals surface area contributed by atoms with Crippen molar-refractivity contribution in [2.24, 2.45) is 0 Å². The number of nitrogens with zero attached hydrogens (tertiary/aromatic N) is 1. The average Bonchev–Trinajstić information content (AvgIpc) is 2.94. The molecule has 1 aliphatic rings. The van der Waals surface area contributed by atoms with Crippen molar-refractivity contribution in [3.63, 3.8) is 0 Å². The van der Waals surface area contributed by atoms with Gasteiger partial charge in [0, 0.05) is 11.8 Å². The molecule has 1 aliphatic heterocycles. The summed E-state index contributed by atoms with van der Waals surface area (Å²) in [5.74, 6) is 1.27. The lowest BCUT2D eigenvalue weighted by molar-refractivity contribution is -0.116. The maximum atomic E-state index is 12.8. The predicted octanol–water partition coefficient (Wildman–Crippen LogP) is 6.53. The fourth-order valence-corrected chi connectivity index (χ4v) is 7.03. The van der Waals surface area contributed by atoms with Crippen LogP contribution in [0.15, 0.2) is 18.2 Å². The Balaban J connectivity index is 2.26. The van der Waals surface area contributed by atoms with Crippen LogP contribution in [-0.2, 0) is 17.6 Å². The van der Waals surface area contributed by atoms with E-state index >= 15 is 0 Å². The number of alkyl halides is 1. The third kappa shape index (κ3) is 6.61. The van der Waals surface area contributed by atoms with Crippen molar-refractivity contribution in [3.05, 3.63) is 29.3 Å². The number of benzene rings is 1. The first-order chi connectivity index (χ1) is 13.1. The molecule has 0 saturated carbocycles. The molecule has 2 unspecified atom stereocenters. The van der Waals surface area contributed by atoms with Gasteiger partial charge in [0.25, 0.3) is 0 Å². The highest BCUT2D eigenvalue weighted by molar-refractivity contribution is 8.17. The second-order valence-corrected chi connectivity index (χ2v) is 10.5. The fourth-order valence-electron chi connectivity index (χ4n) is 3.69. The zero-order chi connectivity index (χ0) is 19.6. The number of hydrogen-bond donors (Lipinski definition) is 0. The van der Waals surface area contributed by atoms with Gasteiger partial charge in [0.15, 0.2) is 0 Å². The summed E-state index contributed by atoms with van der Waals surface area (Å²) in [7, 11) is 0. The standard InChI is InChI=1S/C22H34ClNOS2/c1-4-7-12-19-13-9-14-26-21(27-19)16-24(20(25)15-23)22-17(5-2)10-8-11-18(22)6-3/h8,10-11,19,21H,4-7,9,12-16H2,1-3H3. The van der Waals surface area contributed by atoms with E-state index in [0.29, 0.717) is 4.58 Å². The summed E-state index contributed by atoms with van der Waals surface area (Å²) in [4.78, 5) is 14.8. The smallest absolute Gasteiger partial charge is 0.241 e. The van der Waals surface area contributed by atoms with Crippen LogP contribution < -0.4 is 4.90 Å². The lowest BCUT2D eigenvalue weighted by Crippen LogP contribution is -2.38. The quantitative estimate of drug-likeness (QED) is 0.418. The van der Waals surface area contributed by atoms with Crippen LogP contribution in [0.3, 0.4) is 0 Å². The maximum absolute atomic E-state index is 12.8. The Morgan fingerprint density at radius 1 is 1.22 bits per heavy atom. The molecule has 1 aromatic rings. The number of hydrogen-bond acceptors (Lipinski definition) is 3. The van der Waals surface area contributed by atoms with E-state index in [1.54, 1.807) is 0 Å². The number of aryl methyl sites for hydroxylation is 2. The Bertz CT molecular complexity index is 573. The van der Waals surface area contributed by atoms with Gasteiger partial charge in [-0.3, -0.25) is 4.79 Å². The Hall–Kier alpha value is -0.320. The van der Waals surface area contributed by atoms with Gasteiger partial charge < -0.3 is 4.90 Å². The lowest BCUT2D eigenvalue weighted by Gasteiger charge is -2.31. The van der Waals surface area contributed by atoms with Crippen LogP contribution in [0.4, 0.5) is 5.69 Å². The average molecular weight is 428 g/mol. The van der Waals surface area contributed by atoms with E-state index in [0.717, 1.165) is 30.3 Å². The minimum atomic E-state index is 0.0304. The highest BCUT2D eigenvalue weighted by Gasteiger charge is 2.27. The van der Waals surface area contributed by atoms with Gasteiger partial charge >= 0.3 is 0 Å². The SMILES string of the molecule is CCCCC1CCCSC(CN(C(=O)CCl)c2c(CC)cccc2CC)S1. The van der Waals surface area contributed by atoms with Crippen molar-refractivity contribution in [1.29, 1.82) is 0 Å². The van der Waals surface area contributed by atoms with E-state index in [1.165, 1.54) is 49.0 Å². The van der Waals surface area contributed by atoms with Crippen LogP contribution in [-0.4, -0.2) is 33.9 Å². The van der Waals surface area contributed by atoms with Crippen LogP contribution in [0.5, 0.6) is 0 Å². The summed E-state index contributed by atoms with van der Waals surface area (Å²) in [6.45, 7) is 7.35. The summed E-state index contributed by atoms with van der Waals surface area (Å²) in [5, 5.41) is 0.727. The van der Waals surface area contributed by atoms with E-state index in [2.05, 4.69) is 50.7 Å². The number of para-hydroxylation sites is 1. The lowest BCUT2D eigenvalue weighted by atomic mass is 10.0. The van der Waals surface area contributed by atoms with E-state index in [1.807, 2.05) is 16.7 Å². The van der Waals surface area contributed by atoms with Gasteiger partial charge in [-0.05, 0) is 49.0 Å². The van der Waals surface area contributed by atoms with Crippen molar-refractivity contribution in [2.45, 2.75) is 75.5 Å². The molecule has 2 atom stereocenters. The van der Waals surface area contributed by atoms with Crippen LogP contribution >= 0.6 is 35.1 Å². The first-order valence-electron chi connectivity index (χ1n) is 10.4. The number of carbonyl (C=O) groups excluding carboxylic acids is 1. The van der Waals surface area contributed by atoms with E-state index in [9.17, 15) is 4.79 Å². The number of carbonyl (C=O) groups is 1. The van der Waals surface area contributed by atoms with Crippen molar-refractivity contribution in [1.82, 2.24) is 0 Å². The molecule has 152 valence electrons. The van der Waals surface area contributed by atoms with Crippen molar-refractivity contribution < 1.29 is 4.79 Å². The highest BCUT2D eigenvalue weighted by Crippen LogP contribution is 2.39. The van der Waals surface area contributed by atoms with Crippen molar-refractivity contribution >= 4 is 46.7 Å². The normalized spacial score (nSPS) is 20.3. The molecule has 1 aromatic carbocycles. The molecule has 0 spiro atoms. The largest absolute Gasteiger partial charge is 0.309 e. The molecule has 0 aliphatic carbocycles. The maximum Gasteiger partial charge on any atom is 0.241 e. The highest BCUT2D eigenvalue weighted by atomic mass is 35.5. The van der Waals surface area contributed by atoms with E-state index < -0.39 is 0 Å².